The van der Waals surface area contributed by atoms with Gasteiger partial charge in [0.1, 0.15) is 11.3 Å². The minimum Gasteiger partial charge on any atom is -0.339 e. The molecule has 1 amide bonds. The Labute approximate surface area is 155 Å². The smallest absolute Gasteiger partial charge is 0.260 e. The summed E-state index contributed by atoms with van der Waals surface area (Å²) in [5.41, 5.74) is 2.08. The van der Waals surface area contributed by atoms with E-state index in [9.17, 15) is 9.59 Å². The molecule has 0 aliphatic carbocycles. The van der Waals surface area contributed by atoms with Gasteiger partial charge >= 0.3 is 0 Å². The van der Waals surface area contributed by atoms with Crippen molar-refractivity contribution in [3.05, 3.63) is 63.5 Å². The average Bonchev–Trinajstić information content (AvgIpc) is 3.30. The fourth-order valence-electron chi connectivity index (χ4n) is 3.39. The maximum Gasteiger partial charge on any atom is 0.260 e. The number of hydrogen-bond donors (Lipinski definition) is 1. The summed E-state index contributed by atoms with van der Waals surface area (Å²) in [6.07, 6.45) is 3.44. The van der Waals surface area contributed by atoms with Crippen molar-refractivity contribution in [2.75, 3.05) is 6.54 Å². The van der Waals surface area contributed by atoms with Gasteiger partial charge in [0.05, 0.1) is 6.04 Å². The van der Waals surface area contributed by atoms with Gasteiger partial charge in [-0.05, 0) is 43.5 Å². The molecular formula is C19H19N5O3. The molecule has 1 N–H and O–H groups in total. The molecule has 0 aromatic carbocycles. The summed E-state index contributed by atoms with van der Waals surface area (Å²) >= 11 is 0. The summed E-state index contributed by atoms with van der Waals surface area (Å²) in [5, 5.41) is 3.86. The number of hydrogen-bond acceptors (Lipinski definition) is 6. The van der Waals surface area contributed by atoms with Gasteiger partial charge in [0, 0.05) is 25.4 Å². The van der Waals surface area contributed by atoms with Crippen LogP contribution in [0.4, 0.5) is 0 Å². The summed E-state index contributed by atoms with van der Waals surface area (Å²) in [7, 11) is 0. The Bertz CT molecular complexity index is 1040. The highest BCUT2D eigenvalue weighted by atomic mass is 16.5. The first-order valence-electron chi connectivity index (χ1n) is 8.80. The summed E-state index contributed by atoms with van der Waals surface area (Å²) < 4.78 is 4.98. The van der Waals surface area contributed by atoms with Crippen molar-refractivity contribution < 1.29 is 9.32 Å². The third kappa shape index (κ3) is 3.25. The van der Waals surface area contributed by atoms with Crippen LogP contribution in [0.2, 0.25) is 0 Å². The number of rotatable bonds is 3. The lowest BCUT2D eigenvalue weighted by Gasteiger charge is -2.24. The van der Waals surface area contributed by atoms with Crippen molar-refractivity contribution in [1.82, 2.24) is 25.0 Å². The van der Waals surface area contributed by atoms with E-state index in [4.69, 9.17) is 4.52 Å². The number of likely N-dealkylation sites (tertiary alicyclic amines) is 1. The minimum atomic E-state index is -0.355. The van der Waals surface area contributed by atoms with Crippen LogP contribution in [-0.2, 0) is 0 Å². The Kier molecular flexibility index (Phi) is 4.31. The van der Waals surface area contributed by atoms with Gasteiger partial charge in [-0.3, -0.25) is 14.6 Å². The van der Waals surface area contributed by atoms with E-state index >= 15 is 0 Å². The summed E-state index contributed by atoms with van der Waals surface area (Å²) in [5.74, 6) is 0.660. The van der Waals surface area contributed by atoms with Gasteiger partial charge in [-0.2, -0.15) is 4.98 Å². The minimum absolute atomic E-state index is 0.105. The molecule has 4 heterocycles. The molecule has 0 radical (unpaired) electrons. The Morgan fingerprint density at radius 1 is 1.26 bits per heavy atom. The van der Waals surface area contributed by atoms with Crippen LogP contribution in [0.1, 0.15) is 46.4 Å². The summed E-state index contributed by atoms with van der Waals surface area (Å²) in [4.78, 5) is 38.1. The first kappa shape index (κ1) is 17.1. The van der Waals surface area contributed by atoms with Gasteiger partial charge in [0.2, 0.25) is 11.7 Å². The Morgan fingerprint density at radius 3 is 2.78 bits per heavy atom. The molecule has 1 atom stereocenters. The fraction of sp³-hybridized carbons (Fsp3) is 0.316. The molecule has 3 aromatic heterocycles. The Hall–Kier alpha value is -3.29. The van der Waals surface area contributed by atoms with Crippen molar-refractivity contribution in [2.24, 2.45) is 0 Å². The molecule has 27 heavy (non-hydrogen) atoms. The molecule has 0 bridgehead atoms. The van der Waals surface area contributed by atoms with E-state index in [1.807, 2.05) is 12.1 Å². The lowest BCUT2D eigenvalue weighted by Crippen LogP contribution is -2.34. The number of aryl methyl sites for hydroxylation is 2. The number of aromatic nitrogens is 4. The zero-order valence-corrected chi connectivity index (χ0v) is 15.1. The van der Waals surface area contributed by atoms with Gasteiger partial charge in [0.25, 0.3) is 11.5 Å². The van der Waals surface area contributed by atoms with Crippen LogP contribution >= 0.6 is 0 Å². The van der Waals surface area contributed by atoms with Crippen LogP contribution < -0.4 is 5.56 Å². The molecular weight excluding hydrogens is 346 g/mol. The molecule has 3 aromatic rings. The normalized spacial score (nSPS) is 16.7. The van der Waals surface area contributed by atoms with Crippen molar-refractivity contribution in [1.29, 1.82) is 0 Å². The zero-order chi connectivity index (χ0) is 19.0. The van der Waals surface area contributed by atoms with Crippen molar-refractivity contribution >= 4 is 5.91 Å². The number of carbonyl (C=O) groups is 1. The first-order valence-corrected chi connectivity index (χ1v) is 8.80. The number of H-pyrrole nitrogens is 1. The lowest BCUT2D eigenvalue weighted by molar-refractivity contribution is 0.0733. The van der Waals surface area contributed by atoms with Gasteiger partial charge in [0.15, 0.2) is 0 Å². The molecule has 1 fully saturated rings. The molecule has 1 saturated heterocycles. The first-order chi connectivity index (χ1) is 13.0. The third-order valence-corrected chi connectivity index (χ3v) is 4.73. The van der Waals surface area contributed by atoms with E-state index in [0.717, 1.165) is 24.1 Å². The fourth-order valence-corrected chi connectivity index (χ4v) is 3.39. The highest BCUT2D eigenvalue weighted by Crippen LogP contribution is 2.33. The molecule has 138 valence electrons. The van der Waals surface area contributed by atoms with E-state index < -0.39 is 0 Å². The number of amides is 1. The predicted octanol–water partition coefficient (Wildman–Crippen LogP) is 2.41. The molecule has 4 rings (SSSR count). The molecule has 1 aliphatic rings. The second kappa shape index (κ2) is 6.79. The Morgan fingerprint density at radius 2 is 2.11 bits per heavy atom. The number of pyridine rings is 2. The van der Waals surface area contributed by atoms with E-state index in [0.29, 0.717) is 24.0 Å². The Balaban J connectivity index is 1.59. The van der Waals surface area contributed by atoms with Gasteiger partial charge in [-0.15, -0.1) is 0 Å². The molecule has 8 nitrogen and oxygen atoms in total. The van der Waals surface area contributed by atoms with Crippen LogP contribution in [-0.4, -0.2) is 37.5 Å². The standard InChI is InChI=1S/C19H19N5O3/c1-11-5-7-14(18(25)21-11)19(26)24-9-3-4-16(24)13-6-8-15(20-10-13)17-22-12(2)27-23-17/h5-8,10,16H,3-4,9H2,1-2H3,(H,21,25)/t16-/m1/s1. The van der Waals surface area contributed by atoms with Gasteiger partial charge in [-0.25, -0.2) is 0 Å². The van der Waals surface area contributed by atoms with E-state index in [1.165, 1.54) is 0 Å². The van der Waals surface area contributed by atoms with E-state index in [-0.39, 0.29) is 23.1 Å². The molecule has 0 spiro atoms. The van der Waals surface area contributed by atoms with E-state index in [2.05, 4.69) is 20.1 Å². The highest BCUT2D eigenvalue weighted by Gasteiger charge is 2.32. The SMILES string of the molecule is Cc1ccc(C(=O)N2CCC[C@@H]2c2ccc(-c3noc(C)n3)nc2)c(=O)[nH]1. The maximum atomic E-state index is 12.9. The van der Waals surface area contributed by atoms with Crippen LogP contribution in [0.25, 0.3) is 11.5 Å². The monoisotopic (exact) mass is 365 g/mol. The van der Waals surface area contributed by atoms with Crippen molar-refractivity contribution in [3.63, 3.8) is 0 Å². The quantitative estimate of drug-likeness (QED) is 0.764. The molecule has 0 unspecified atom stereocenters. The van der Waals surface area contributed by atoms with Crippen LogP contribution in [0.5, 0.6) is 0 Å². The number of aromatic amines is 1. The number of carbonyl (C=O) groups excluding carboxylic acids is 1. The topological polar surface area (TPSA) is 105 Å². The second-order valence-electron chi connectivity index (χ2n) is 6.65. The second-order valence-corrected chi connectivity index (χ2v) is 6.65. The highest BCUT2D eigenvalue weighted by molar-refractivity contribution is 5.94. The predicted molar refractivity (Wildman–Crippen MR) is 97.1 cm³/mol. The summed E-state index contributed by atoms with van der Waals surface area (Å²) in [6.45, 7) is 4.12. The van der Waals surface area contributed by atoms with Crippen LogP contribution in [0, 0.1) is 13.8 Å². The molecule has 1 aliphatic heterocycles. The largest absolute Gasteiger partial charge is 0.339 e. The number of nitrogens with one attached hydrogen (secondary N) is 1. The van der Waals surface area contributed by atoms with Crippen LogP contribution in [0.15, 0.2) is 39.8 Å². The van der Waals surface area contributed by atoms with Crippen molar-refractivity contribution in [2.45, 2.75) is 32.7 Å². The lowest BCUT2D eigenvalue weighted by atomic mass is 10.1. The number of nitrogens with zero attached hydrogens (tertiary/aromatic N) is 4. The summed E-state index contributed by atoms with van der Waals surface area (Å²) in [6, 6.07) is 6.96. The van der Waals surface area contributed by atoms with E-state index in [1.54, 1.807) is 37.1 Å². The maximum absolute atomic E-state index is 12.9. The zero-order valence-electron chi connectivity index (χ0n) is 15.1. The van der Waals surface area contributed by atoms with Gasteiger partial charge in [-0.1, -0.05) is 11.2 Å². The van der Waals surface area contributed by atoms with Gasteiger partial charge < -0.3 is 14.4 Å². The van der Waals surface area contributed by atoms with Crippen molar-refractivity contribution in [3.8, 4) is 11.5 Å². The van der Waals surface area contributed by atoms with Crippen LogP contribution in [0.3, 0.4) is 0 Å². The average molecular weight is 365 g/mol. The third-order valence-electron chi connectivity index (χ3n) is 4.73. The molecule has 8 heteroatoms. The molecule has 0 saturated carbocycles.